The average molecular weight is 236 g/mol. The summed E-state index contributed by atoms with van der Waals surface area (Å²) in [5.74, 6) is -0.0777. The van der Waals surface area contributed by atoms with Gasteiger partial charge in [0.05, 0.1) is 12.2 Å². The highest BCUT2D eigenvalue weighted by Crippen LogP contribution is 2.14. The molecule has 0 heterocycles. The molecule has 0 saturated carbocycles. The summed E-state index contributed by atoms with van der Waals surface area (Å²) in [6.45, 7) is 5.21. The first-order chi connectivity index (χ1) is 8.19. The molecule has 1 aromatic rings. The Labute approximate surface area is 102 Å². The van der Waals surface area contributed by atoms with Crippen molar-refractivity contribution in [1.82, 2.24) is 5.32 Å². The van der Waals surface area contributed by atoms with E-state index < -0.39 is 0 Å². The zero-order valence-electron chi connectivity index (χ0n) is 10.6. The normalized spacial score (nSPS) is 11.9. The molecule has 0 saturated heterocycles. The summed E-state index contributed by atoms with van der Waals surface area (Å²) >= 11 is 0. The van der Waals surface area contributed by atoms with Crippen LogP contribution < -0.4 is 10.6 Å². The lowest BCUT2D eigenvalue weighted by Gasteiger charge is -2.15. The van der Waals surface area contributed by atoms with Crippen molar-refractivity contribution < 1.29 is 9.53 Å². The van der Waals surface area contributed by atoms with E-state index in [2.05, 4.69) is 10.6 Å². The summed E-state index contributed by atoms with van der Waals surface area (Å²) in [5.41, 5.74) is 1.52. The van der Waals surface area contributed by atoms with Crippen LogP contribution in [0.3, 0.4) is 0 Å². The molecular weight excluding hydrogens is 216 g/mol. The maximum Gasteiger partial charge on any atom is 0.253 e. The minimum atomic E-state index is -0.0777. The summed E-state index contributed by atoms with van der Waals surface area (Å²) in [7, 11) is 1.62. The molecule has 2 N–H and O–H groups in total. The topological polar surface area (TPSA) is 50.4 Å². The van der Waals surface area contributed by atoms with E-state index in [0.717, 1.165) is 12.2 Å². The molecule has 0 bridgehead atoms. The molecule has 1 atom stereocenters. The van der Waals surface area contributed by atoms with E-state index in [1.165, 1.54) is 0 Å². The molecule has 0 fully saturated rings. The molecule has 1 unspecified atom stereocenters. The molecule has 1 aromatic carbocycles. The van der Waals surface area contributed by atoms with Crippen LogP contribution in [0.25, 0.3) is 0 Å². The van der Waals surface area contributed by atoms with Gasteiger partial charge in [-0.1, -0.05) is 12.1 Å². The molecule has 0 spiro atoms. The third-order valence-corrected chi connectivity index (χ3v) is 2.33. The average Bonchev–Trinajstić information content (AvgIpc) is 2.30. The first-order valence-corrected chi connectivity index (χ1v) is 5.81. The SMILES string of the molecule is CCNc1ccccc1C(=O)NC(C)COC. The highest BCUT2D eigenvalue weighted by molar-refractivity contribution is 5.99. The zero-order chi connectivity index (χ0) is 12.7. The monoisotopic (exact) mass is 236 g/mol. The van der Waals surface area contributed by atoms with Crippen LogP contribution in [0.4, 0.5) is 5.69 Å². The first kappa shape index (κ1) is 13.5. The third kappa shape index (κ3) is 4.07. The number of hydrogen-bond donors (Lipinski definition) is 2. The smallest absolute Gasteiger partial charge is 0.253 e. The van der Waals surface area contributed by atoms with Gasteiger partial charge in [0.2, 0.25) is 0 Å². The number of ether oxygens (including phenoxy) is 1. The van der Waals surface area contributed by atoms with Crippen LogP contribution in [-0.4, -0.2) is 32.2 Å². The number of para-hydroxylation sites is 1. The van der Waals surface area contributed by atoms with Crippen molar-refractivity contribution in [3.63, 3.8) is 0 Å². The van der Waals surface area contributed by atoms with E-state index in [1.807, 2.05) is 38.1 Å². The quantitative estimate of drug-likeness (QED) is 0.793. The lowest BCUT2D eigenvalue weighted by molar-refractivity contribution is 0.0906. The molecule has 1 amide bonds. The molecule has 4 heteroatoms. The predicted octanol–water partition coefficient (Wildman–Crippen LogP) is 1.88. The van der Waals surface area contributed by atoms with E-state index in [4.69, 9.17) is 4.74 Å². The van der Waals surface area contributed by atoms with Gasteiger partial charge in [-0.15, -0.1) is 0 Å². The van der Waals surface area contributed by atoms with E-state index in [0.29, 0.717) is 12.2 Å². The highest BCUT2D eigenvalue weighted by atomic mass is 16.5. The summed E-state index contributed by atoms with van der Waals surface area (Å²) < 4.78 is 4.99. The maximum atomic E-state index is 12.0. The molecule has 1 rings (SSSR count). The van der Waals surface area contributed by atoms with Crippen LogP contribution >= 0.6 is 0 Å². The van der Waals surface area contributed by atoms with Gasteiger partial charge in [-0.2, -0.15) is 0 Å². The van der Waals surface area contributed by atoms with Gasteiger partial charge in [-0.25, -0.2) is 0 Å². The Kier molecular flexibility index (Phi) is 5.49. The van der Waals surface area contributed by atoms with Gasteiger partial charge >= 0.3 is 0 Å². The van der Waals surface area contributed by atoms with Gasteiger partial charge in [0.15, 0.2) is 0 Å². The van der Waals surface area contributed by atoms with Crippen molar-refractivity contribution in [2.24, 2.45) is 0 Å². The van der Waals surface area contributed by atoms with Gasteiger partial charge in [0.1, 0.15) is 0 Å². The molecule has 0 aliphatic heterocycles. The molecule has 0 aliphatic rings. The van der Waals surface area contributed by atoms with E-state index in [1.54, 1.807) is 7.11 Å². The molecule has 0 aromatic heterocycles. The fourth-order valence-corrected chi connectivity index (χ4v) is 1.62. The number of rotatable bonds is 6. The van der Waals surface area contributed by atoms with Gasteiger partial charge < -0.3 is 15.4 Å². The largest absolute Gasteiger partial charge is 0.385 e. The summed E-state index contributed by atoms with van der Waals surface area (Å²) in [5, 5.41) is 6.06. The minimum absolute atomic E-state index is 0.00202. The summed E-state index contributed by atoms with van der Waals surface area (Å²) in [6, 6.07) is 7.48. The lowest BCUT2D eigenvalue weighted by Crippen LogP contribution is -2.35. The van der Waals surface area contributed by atoms with Gasteiger partial charge in [0, 0.05) is 25.4 Å². The van der Waals surface area contributed by atoms with Crippen molar-refractivity contribution in [1.29, 1.82) is 0 Å². The fourth-order valence-electron chi connectivity index (χ4n) is 1.62. The Balaban J connectivity index is 2.74. The molecule has 17 heavy (non-hydrogen) atoms. The maximum absolute atomic E-state index is 12.0. The highest BCUT2D eigenvalue weighted by Gasteiger charge is 2.12. The van der Waals surface area contributed by atoms with E-state index in [-0.39, 0.29) is 11.9 Å². The Bertz CT molecular complexity index is 366. The van der Waals surface area contributed by atoms with Crippen molar-refractivity contribution in [3.05, 3.63) is 29.8 Å². The van der Waals surface area contributed by atoms with Crippen molar-refractivity contribution >= 4 is 11.6 Å². The second-order valence-corrected chi connectivity index (χ2v) is 3.91. The third-order valence-electron chi connectivity index (χ3n) is 2.33. The van der Waals surface area contributed by atoms with Crippen molar-refractivity contribution in [3.8, 4) is 0 Å². The standard InChI is InChI=1S/C13H20N2O2/c1-4-14-12-8-6-5-7-11(12)13(16)15-10(2)9-17-3/h5-8,10,14H,4,9H2,1-3H3,(H,15,16). The number of methoxy groups -OCH3 is 1. The number of benzene rings is 1. The van der Waals surface area contributed by atoms with E-state index >= 15 is 0 Å². The van der Waals surface area contributed by atoms with Crippen molar-refractivity contribution in [2.75, 3.05) is 25.6 Å². The number of anilines is 1. The number of carbonyl (C=O) groups excluding carboxylic acids is 1. The molecule has 4 nitrogen and oxygen atoms in total. The molecular formula is C13H20N2O2. The fraction of sp³-hybridized carbons (Fsp3) is 0.462. The molecule has 0 radical (unpaired) electrons. The number of hydrogen-bond acceptors (Lipinski definition) is 3. The van der Waals surface area contributed by atoms with Crippen LogP contribution in [-0.2, 0) is 4.74 Å². The minimum Gasteiger partial charge on any atom is -0.385 e. The first-order valence-electron chi connectivity index (χ1n) is 5.81. The Hall–Kier alpha value is -1.55. The van der Waals surface area contributed by atoms with Crippen LogP contribution in [0.15, 0.2) is 24.3 Å². The molecule has 0 aliphatic carbocycles. The van der Waals surface area contributed by atoms with Crippen LogP contribution in [0.2, 0.25) is 0 Å². The second-order valence-electron chi connectivity index (χ2n) is 3.91. The summed E-state index contributed by atoms with van der Waals surface area (Å²) in [4.78, 5) is 12.0. The van der Waals surface area contributed by atoms with Gasteiger partial charge in [0.25, 0.3) is 5.91 Å². The number of nitrogens with one attached hydrogen (secondary N) is 2. The second kappa shape index (κ2) is 6.91. The van der Waals surface area contributed by atoms with Gasteiger partial charge in [-0.05, 0) is 26.0 Å². The Morgan fingerprint density at radius 2 is 2.12 bits per heavy atom. The number of carbonyl (C=O) groups is 1. The Morgan fingerprint density at radius 1 is 1.41 bits per heavy atom. The summed E-state index contributed by atoms with van der Waals surface area (Å²) in [6.07, 6.45) is 0. The molecule has 94 valence electrons. The van der Waals surface area contributed by atoms with Crippen LogP contribution in [0.1, 0.15) is 24.2 Å². The lowest BCUT2D eigenvalue weighted by atomic mass is 10.1. The van der Waals surface area contributed by atoms with Gasteiger partial charge in [-0.3, -0.25) is 4.79 Å². The van der Waals surface area contributed by atoms with E-state index in [9.17, 15) is 4.79 Å². The van der Waals surface area contributed by atoms with Crippen molar-refractivity contribution in [2.45, 2.75) is 19.9 Å². The zero-order valence-corrected chi connectivity index (χ0v) is 10.6. The predicted molar refractivity (Wildman–Crippen MR) is 69.4 cm³/mol. The van der Waals surface area contributed by atoms with Crippen LogP contribution in [0.5, 0.6) is 0 Å². The van der Waals surface area contributed by atoms with Crippen LogP contribution in [0, 0.1) is 0 Å². The Morgan fingerprint density at radius 3 is 2.76 bits per heavy atom. The number of amides is 1.